The molecule has 1 saturated heterocycles. The fourth-order valence-electron chi connectivity index (χ4n) is 3.64. The summed E-state index contributed by atoms with van der Waals surface area (Å²) in [7, 11) is 0. The maximum atomic E-state index is 13.3. The number of benzene rings is 2. The molecular formula is C22H21FN4O3. The van der Waals surface area contributed by atoms with Crippen molar-refractivity contribution in [3.05, 3.63) is 59.9 Å². The number of aromatic nitrogens is 1. The summed E-state index contributed by atoms with van der Waals surface area (Å²) in [5, 5.41) is 6.21. The molecule has 3 N–H and O–H groups in total. The van der Waals surface area contributed by atoms with Crippen LogP contribution in [0.3, 0.4) is 0 Å². The van der Waals surface area contributed by atoms with E-state index < -0.39 is 6.03 Å². The van der Waals surface area contributed by atoms with Gasteiger partial charge in [-0.2, -0.15) is 0 Å². The summed E-state index contributed by atoms with van der Waals surface area (Å²) in [4.78, 5) is 39.9. The zero-order chi connectivity index (χ0) is 21.1. The standard InChI is InChI=1S/C22H21FN4O3/c23-15-7-5-14(6-8-15)21-17(16-3-1-2-4-18(16)26-21)9-10-19(28)24-11-12-27-20(29)13-25-22(27)30/h1-8,26H,9-13H2,(H,24,28)(H,25,30). The molecule has 0 unspecified atom stereocenters. The van der Waals surface area contributed by atoms with Crippen LogP contribution in [-0.2, 0) is 16.0 Å². The second kappa shape index (κ2) is 8.36. The average Bonchev–Trinajstić information content (AvgIpc) is 3.27. The highest BCUT2D eigenvalue weighted by atomic mass is 19.1. The van der Waals surface area contributed by atoms with Crippen molar-refractivity contribution in [1.82, 2.24) is 20.5 Å². The number of amides is 4. The van der Waals surface area contributed by atoms with Crippen LogP contribution in [0.15, 0.2) is 48.5 Å². The number of hydrogen-bond acceptors (Lipinski definition) is 3. The van der Waals surface area contributed by atoms with Gasteiger partial charge in [0.25, 0.3) is 0 Å². The third kappa shape index (κ3) is 4.03. The SMILES string of the molecule is O=C(CCc1c(-c2ccc(F)cc2)[nH]c2ccccc12)NCCN1C(=O)CNC1=O. The van der Waals surface area contributed by atoms with E-state index in [9.17, 15) is 18.8 Å². The van der Waals surface area contributed by atoms with Crippen molar-refractivity contribution in [1.29, 1.82) is 0 Å². The molecule has 30 heavy (non-hydrogen) atoms. The van der Waals surface area contributed by atoms with Gasteiger partial charge < -0.3 is 15.6 Å². The zero-order valence-electron chi connectivity index (χ0n) is 16.2. The number of aromatic amines is 1. The Kier molecular flexibility index (Phi) is 5.47. The van der Waals surface area contributed by atoms with Gasteiger partial charge in [0.1, 0.15) is 5.82 Å². The predicted octanol–water partition coefficient (Wildman–Crippen LogP) is 2.57. The Bertz CT molecular complexity index is 1090. The quantitative estimate of drug-likeness (QED) is 0.525. The van der Waals surface area contributed by atoms with Crippen molar-refractivity contribution in [2.45, 2.75) is 12.8 Å². The van der Waals surface area contributed by atoms with Crippen LogP contribution in [0.4, 0.5) is 9.18 Å². The van der Waals surface area contributed by atoms with Gasteiger partial charge in [-0.3, -0.25) is 14.5 Å². The van der Waals surface area contributed by atoms with Crippen molar-refractivity contribution < 1.29 is 18.8 Å². The lowest BCUT2D eigenvalue weighted by molar-refractivity contribution is -0.126. The molecule has 4 rings (SSSR count). The van der Waals surface area contributed by atoms with Crippen LogP contribution in [0.25, 0.3) is 22.2 Å². The summed E-state index contributed by atoms with van der Waals surface area (Å²) < 4.78 is 13.3. The fraction of sp³-hybridized carbons (Fsp3) is 0.227. The minimum Gasteiger partial charge on any atom is -0.354 e. The van der Waals surface area contributed by atoms with Crippen molar-refractivity contribution in [3.8, 4) is 11.3 Å². The van der Waals surface area contributed by atoms with Gasteiger partial charge in [-0.1, -0.05) is 18.2 Å². The number of halogens is 1. The van der Waals surface area contributed by atoms with E-state index in [1.54, 1.807) is 12.1 Å². The molecule has 0 aliphatic carbocycles. The largest absolute Gasteiger partial charge is 0.354 e. The molecular weight excluding hydrogens is 387 g/mol. The molecule has 1 aliphatic rings. The molecule has 154 valence electrons. The molecule has 2 aromatic carbocycles. The second-order valence-corrected chi connectivity index (χ2v) is 7.09. The number of nitrogens with one attached hydrogen (secondary N) is 3. The highest BCUT2D eigenvalue weighted by Crippen LogP contribution is 2.31. The minimum absolute atomic E-state index is 0.000490. The Morgan fingerprint density at radius 1 is 1.10 bits per heavy atom. The Balaban J connectivity index is 1.43. The van der Waals surface area contributed by atoms with Crippen LogP contribution in [-0.4, -0.2) is 47.4 Å². The maximum Gasteiger partial charge on any atom is 0.324 e. The zero-order valence-corrected chi connectivity index (χ0v) is 16.2. The molecule has 0 spiro atoms. The average molecular weight is 408 g/mol. The monoisotopic (exact) mass is 408 g/mol. The Morgan fingerprint density at radius 3 is 2.60 bits per heavy atom. The molecule has 7 nitrogen and oxygen atoms in total. The summed E-state index contributed by atoms with van der Waals surface area (Å²) >= 11 is 0. The first-order valence-electron chi connectivity index (χ1n) is 9.73. The number of urea groups is 1. The van der Waals surface area contributed by atoms with E-state index in [0.717, 1.165) is 32.6 Å². The Labute approximate surface area is 172 Å². The number of aryl methyl sites for hydroxylation is 1. The summed E-state index contributed by atoms with van der Waals surface area (Å²) in [6.45, 7) is 0.348. The first-order valence-corrected chi connectivity index (χ1v) is 9.73. The molecule has 8 heteroatoms. The van der Waals surface area contributed by atoms with Gasteiger partial charge in [0, 0.05) is 36.1 Å². The van der Waals surface area contributed by atoms with Gasteiger partial charge >= 0.3 is 6.03 Å². The van der Waals surface area contributed by atoms with Gasteiger partial charge in [0.05, 0.1) is 6.54 Å². The van der Waals surface area contributed by atoms with Crippen LogP contribution in [0.1, 0.15) is 12.0 Å². The molecule has 0 radical (unpaired) electrons. The van der Waals surface area contributed by atoms with Crippen molar-refractivity contribution in [2.75, 3.05) is 19.6 Å². The van der Waals surface area contributed by atoms with Crippen LogP contribution in [0, 0.1) is 5.82 Å². The lowest BCUT2D eigenvalue weighted by Gasteiger charge is -2.13. The molecule has 1 aromatic heterocycles. The molecule has 0 bridgehead atoms. The smallest absolute Gasteiger partial charge is 0.324 e. The number of H-pyrrole nitrogens is 1. The van der Waals surface area contributed by atoms with E-state index in [4.69, 9.17) is 0 Å². The van der Waals surface area contributed by atoms with Crippen LogP contribution >= 0.6 is 0 Å². The maximum absolute atomic E-state index is 13.3. The summed E-state index contributed by atoms with van der Waals surface area (Å²) in [5.41, 5.74) is 3.65. The molecule has 0 atom stereocenters. The van der Waals surface area contributed by atoms with E-state index in [0.29, 0.717) is 6.42 Å². The summed E-state index contributed by atoms with van der Waals surface area (Å²) in [6.07, 6.45) is 0.738. The van der Waals surface area contributed by atoms with E-state index in [1.807, 2.05) is 24.3 Å². The van der Waals surface area contributed by atoms with Crippen LogP contribution in [0.5, 0.6) is 0 Å². The summed E-state index contributed by atoms with van der Waals surface area (Å²) in [6, 6.07) is 13.6. The number of carbonyl (C=O) groups excluding carboxylic acids is 3. The first kappa shape index (κ1) is 19.6. The van der Waals surface area contributed by atoms with Gasteiger partial charge in [0.2, 0.25) is 11.8 Å². The van der Waals surface area contributed by atoms with Crippen LogP contribution < -0.4 is 10.6 Å². The van der Waals surface area contributed by atoms with E-state index >= 15 is 0 Å². The highest BCUT2D eigenvalue weighted by Gasteiger charge is 2.27. The lowest BCUT2D eigenvalue weighted by atomic mass is 10.0. The number of fused-ring (bicyclic) bond motifs is 1. The van der Waals surface area contributed by atoms with Crippen molar-refractivity contribution >= 4 is 28.7 Å². The van der Waals surface area contributed by atoms with Gasteiger partial charge in [-0.05, 0) is 47.9 Å². The number of nitrogens with zero attached hydrogens (tertiary/aromatic N) is 1. The number of imide groups is 1. The predicted molar refractivity (Wildman–Crippen MR) is 110 cm³/mol. The number of hydrogen-bond donors (Lipinski definition) is 3. The Hall–Kier alpha value is -3.68. The molecule has 0 saturated carbocycles. The number of carbonyl (C=O) groups is 3. The number of rotatable bonds is 7. The third-order valence-electron chi connectivity index (χ3n) is 5.14. The van der Waals surface area contributed by atoms with Gasteiger partial charge in [-0.15, -0.1) is 0 Å². The lowest BCUT2D eigenvalue weighted by Crippen LogP contribution is -2.38. The van der Waals surface area contributed by atoms with E-state index in [2.05, 4.69) is 15.6 Å². The molecule has 4 amide bonds. The summed E-state index contributed by atoms with van der Waals surface area (Å²) in [5.74, 6) is -0.768. The van der Waals surface area contributed by atoms with E-state index in [-0.39, 0.29) is 43.7 Å². The molecule has 1 fully saturated rings. The van der Waals surface area contributed by atoms with Gasteiger partial charge in [0.15, 0.2) is 0 Å². The van der Waals surface area contributed by atoms with E-state index in [1.165, 1.54) is 12.1 Å². The molecule has 2 heterocycles. The topological polar surface area (TPSA) is 94.3 Å². The molecule has 1 aliphatic heterocycles. The number of para-hydroxylation sites is 1. The normalized spacial score (nSPS) is 13.7. The van der Waals surface area contributed by atoms with Gasteiger partial charge in [-0.25, -0.2) is 9.18 Å². The third-order valence-corrected chi connectivity index (χ3v) is 5.14. The Morgan fingerprint density at radius 2 is 1.87 bits per heavy atom. The first-order chi connectivity index (χ1) is 14.5. The second-order valence-electron chi connectivity index (χ2n) is 7.09. The van der Waals surface area contributed by atoms with Crippen molar-refractivity contribution in [2.24, 2.45) is 0 Å². The molecule has 3 aromatic rings. The minimum atomic E-state index is -0.433. The van der Waals surface area contributed by atoms with Crippen molar-refractivity contribution in [3.63, 3.8) is 0 Å². The van der Waals surface area contributed by atoms with Crippen LogP contribution in [0.2, 0.25) is 0 Å². The highest BCUT2D eigenvalue weighted by molar-refractivity contribution is 6.02. The fourth-order valence-corrected chi connectivity index (χ4v) is 3.64.